The van der Waals surface area contributed by atoms with Crippen molar-refractivity contribution in [1.29, 1.82) is 0 Å². The van der Waals surface area contributed by atoms with Gasteiger partial charge in [0, 0.05) is 11.9 Å². The molecule has 1 unspecified atom stereocenters. The quantitative estimate of drug-likeness (QED) is 0.562. The molecule has 1 aliphatic carbocycles. The summed E-state index contributed by atoms with van der Waals surface area (Å²) in [6.07, 6.45) is 6.06. The lowest BCUT2D eigenvalue weighted by molar-refractivity contribution is 0.580. The van der Waals surface area contributed by atoms with Gasteiger partial charge in [-0.2, -0.15) is 0 Å². The Bertz CT molecular complexity index is 224. The van der Waals surface area contributed by atoms with Crippen LogP contribution in [0.2, 0.25) is 0 Å². The second-order valence-corrected chi connectivity index (χ2v) is 3.21. The highest BCUT2D eigenvalue weighted by Gasteiger charge is 2.15. The standard InChI is InChI=1S/C9H13N/c1-7-3-2-4-8-5-6-10-9(7)8/h5-7,10H,2-4H2,1H3. The maximum absolute atomic E-state index is 3.31. The van der Waals surface area contributed by atoms with Crippen LogP contribution in [0.25, 0.3) is 0 Å². The van der Waals surface area contributed by atoms with Crippen LogP contribution in [-0.2, 0) is 6.42 Å². The Morgan fingerprint density at radius 1 is 1.60 bits per heavy atom. The lowest BCUT2D eigenvalue weighted by atomic mass is 9.90. The number of H-pyrrole nitrogens is 1. The van der Waals surface area contributed by atoms with E-state index in [0.717, 1.165) is 5.92 Å². The van der Waals surface area contributed by atoms with Crippen LogP contribution < -0.4 is 0 Å². The van der Waals surface area contributed by atoms with E-state index in [2.05, 4.69) is 24.2 Å². The Labute approximate surface area is 61.5 Å². The SMILES string of the molecule is CC1CCCc2cc[nH]c21. The van der Waals surface area contributed by atoms with Crippen molar-refractivity contribution in [1.82, 2.24) is 4.98 Å². The predicted octanol–water partition coefficient (Wildman–Crippen LogP) is 2.45. The van der Waals surface area contributed by atoms with E-state index in [0.29, 0.717) is 0 Å². The Balaban J connectivity index is 2.41. The second kappa shape index (κ2) is 2.15. The molecular formula is C9H13N. The van der Waals surface area contributed by atoms with Crippen LogP contribution in [0.1, 0.15) is 36.9 Å². The molecule has 1 N–H and O–H groups in total. The lowest BCUT2D eigenvalue weighted by Crippen LogP contribution is -2.04. The molecule has 0 bridgehead atoms. The van der Waals surface area contributed by atoms with Crippen molar-refractivity contribution in [3.63, 3.8) is 0 Å². The number of hydrogen-bond acceptors (Lipinski definition) is 0. The van der Waals surface area contributed by atoms with Crippen molar-refractivity contribution in [3.05, 3.63) is 23.5 Å². The maximum atomic E-state index is 3.31. The third-order valence-electron chi connectivity index (χ3n) is 2.45. The van der Waals surface area contributed by atoms with Crippen LogP contribution in [0.4, 0.5) is 0 Å². The Morgan fingerprint density at radius 2 is 2.50 bits per heavy atom. The molecule has 1 aromatic rings. The van der Waals surface area contributed by atoms with Crippen LogP contribution in [0.3, 0.4) is 0 Å². The van der Waals surface area contributed by atoms with E-state index in [9.17, 15) is 0 Å². The molecule has 1 nitrogen and oxygen atoms in total. The van der Waals surface area contributed by atoms with E-state index in [1.165, 1.54) is 25.0 Å². The molecule has 54 valence electrons. The minimum absolute atomic E-state index is 0.763. The number of hydrogen-bond donors (Lipinski definition) is 1. The monoisotopic (exact) mass is 135 g/mol. The first-order chi connectivity index (χ1) is 4.88. The number of aromatic nitrogens is 1. The van der Waals surface area contributed by atoms with Gasteiger partial charge < -0.3 is 4.98 Å². The van der Waals surface area contributed by atoms with E-state index in [1.807, 2.05) is 0 Å². The third-order valence-corrected chi connectivity index (χ3v) is 2.45. The molecule has 1 heterocycles. The van der Waals surface area contributed by atoms with E-state index in [4.69, 9.17) is 0 Å². The Morgan fingerprint density at radius 3 is 3.30 bits per heavy atom. The average molecular weight is 135 g/mol. The molecule has 0 aromatic carbocycles. The molecule has 2 rings (SSSR count). The van der Waals surface area contributed by atoms with Gasteiger partial charge in [-0.25, -0.2) is 0 Å². The smallest absolute Gasteiger partial charge is 0.0208 e. The van der Waals surface area contributed by atoms with Crippen molar-refractivity contribution in [2.24, 2.45) is 0 Å². The summed E-state index contributed by atoms with van der Waals surface area (Å²) in [4.78, 5) is 3.31. The van der Waals surface area contributed by atoms with Crippen LogP contribution >= 0.6 is 0 Å². The van der Waals surface area contributed by atoms with Crippen LogP contribution in [0.5, 0.6) is 0 Å². The fourth-order valence-electron chi connectivity index (χ4n) is 1.83. The van der Waals surface area contributed by atoms with Gasteiger partial charge in [0.1, 0.15) is 0 Å². The first-order valence-electron chi connectivity index (χ1n) is 4.04. The number of fused-ring (bicyclic) bond motifs is 1. The van der Waals surface area contributed by atoms with E-state index < -0.39 is 0 Å². The molecule has 1 aromatic heterocycles. The maximum Gasteiger partial charge on any atom is 0.0208 e. The van der Waals surface area contributed by atoms with Gasteiger partial charge >= 0.3 is 0 Å². The fourth-order valence-corrected chi connectivity index (χ4v) is 1.83. The van der Waals surface area contributed by atoms with Gasteiger partial charge in [-0.05, 0) is 36.8 Å². The normalized spacial score (nSPS) is 24.3. The Hall–Kier alpha value is -0.720. The van der Waals surface area contributed by atoms with Gasteiger partial charge in [-0.1, -0.05) is 6.92 Å². The van der Waals surface area contributed by atoms with Gasteiger partial charge in [0.2, 0.25) is 0 Å². The van der Waals surface area contributed by atoms with Crippen LogP contribution in [0, 0.1) is 0 Å². The first kappa shape index (κ1) is 6.02. The van der Waals surface area contributed by atoms with Crippen molar-refractivity contribution in [2.45, 2.75) is 32.1 Å². The summed E-state index contributed by atoms with van der Waals surface area (Å²) in [5.41, 5.74) is 3.02. The fraction of sp³-hybridized carbons (Fsp3) is 0.556. The van der Waals surface area contributed by atoms with Crippen LogP contribution in [0.15, 0.2) is 12.3 Å². The van der Waals surface area contributed by atoms with Crippen LogP contribution in [-0.4, -0.2) is 4.98 Å². The summed E-state index contributed by atoms with van der Waals surface area (Å²) in [6, 6.07) is 2.21. The highest BCUT2D eigenvalue weighted by Crippen LogP contribution is 2.29. The number of aromatic amines is 1. The minimum atomic E-state index is 0.763. The van der Waals surface area contributed by atoms with Gasteiger partial charge in [0.25, 0.3) is 0 Å². The van der Waals surface area contributed by atoms with Crippen molar-refractivity contribution in [3.8, 4) is 0 Å². The minimum Gasteiger partial charge on any atom is -0.365 e. The zero-order valence-electron chi connectivity index (χ0n) is 6.35. The average Bonchev–Trinajstić information content (AvgIpc) is 2.36. The summed E-state index contributed by atoms with van der Waals surface area (Å²) < 4.78 is 0. The van der Waals surface area contributed by atoms with Crippen molar-refractivity contribution < 1.29 is 0 Å². The second-order valence-electron chi connectivity index (χ2n) is 3.21. The molecule has 1 aliphatic rings. The molecule has 0 amide bonds. The molecule has 0 aliphatic heterocycles. The van der Waals surface area contributed by atoms with Crippen molar-refractivity contribution in [2.75, 3.05) is 0 Å². The van der Waals surface area contributed by atoms with Gasteiger partial charge in [-0.3, -0.25) is 0 Å². The predicted molar refractivity (Wildman–Crippen MR) is 42.1 cm³/mol. The lowest BCUT2D eigenvalue weighted by Gasteiger charge is -2.17. The first-order valence-corrected chi connectivity index (χ1v) is 4.04. The number of nitrogens with one attached hydrogen (secondary N) is 1. The number of aryl methyl sites for hydroxylation is 1. The van der Waals surface area contributed by atoms with Gasteiger partial charge in [0.05, 0.1) is 0 Å². The molecular weight excluding hydrogens is 122 g/mol. The zero-order valence-corrected chi connectivity index (χ0v) is 6.35. The molecule has 10 heavy (non-hydrogen) atoms. The van der Waals surface area contributed by atoms with Gasteiger partial charge in [0.15, 0.2) is 0 Å². The van der Waals surface area contributed by atoms with E-state index >= 15 is 0 Å². The third kappa shape index (κ3) is 0.772. The molecule has 0 saturated heterocycles. The number of rotatable bonds is 0. The zero-order chi connectivity index (χ0) is 6.97. The molecule has 0 radical (unpaired) electrons. The van der Waals surface area contributed by atoms with E-state index in [-0.39, 0.29) is 0 Å². The summed E-state index contributed by atoms with van der Waals surface area (Å²) in [6.45, 7) is 2.30. The van der Waals surface area contributed by atoms with Gasteiger partial charge in [-0.15, -0.1) is 0 Å². The Kier molecular flexibility index (Phi) is 1.30. The largest absolute Gasteiger partial charge is 0.365 e. The van der Waals surface area contributed by atoms with E-state index in [1.54, 1.807) is 5.56 Å². The summed E-state index contributed by atoms with van der Waals surface area (Å²) in [7, 11) is 0. The molecule has 1 atom stereocenters. The molecule has 0 saturated carbocycles. The molecule has 0 fully saturated rings. The molecule has 0 spiro atoms. The summed E-state index contributed by atoms with van der Waals surface area (Å²) in [5.74, 6) is 0.763. The van der Waals surface area contributed by atoms with Crippen molar-refractivity contribution >= 4 is 0 Å². The summed E-state index contributed by atoms with van der Waals surface area (Å²) >= 11 is 0. The summed E-state index contributed by atoms with van der Waals surface area (Å²) in [5, 5.41) is 0. The molecule has 1 heteroatoms. The topological polar surface area (TPSA) is 15.8 Å². The highest BCUT2D eigenvalue weighted by molar-refractivity contribution is 5.25. The highest BCUT2D eigenvalue weighted by atomic mass is 14.7.